The lowest BCUT2D eigenvalue weighted by Gasteiger charge is -2.24. The number of methoxy groups -OCH3 is 1. The number of alkyl halides is 1. The zero-order valence-corrected chi connectivity index (χ0v) is 15.8. The Morgan fingerprint density at radius 3 is 2.50 bits per heavy atom. The van der Waals surface area contributed by atoms with Crippen LogP contribution in [0.15, 0.2) is 24.3 Å². The summed E-state index contributed by atoms with van der Waals surface area (Å²) >= 11 is 2.94. The second kappa shape index (κ2) is 6.96. The van der Waals surface area contributed by atoms with E-state index in [1.165, 1.54) is 0 Å². The van der Waals surface area contributed by atoms with Gasteiger partial charge in [-0.3, -0.25) is 9.59 Å². The summed E-state index contributed by atoms with van der Waals surface area (Å²) in [5, 5.41) is 0. The van der Waals surface area contributed by atoms with Crippen molar-refractivity contribution < 1.29 is 19.1 Å². The molecule has 1 aliphatic carbocycles. The molecule has 0 spiro atoms. The number of hydrogen-bond donors (Lipinski definition) is 0. The van der Waals surface area contributed by atoms with E-state index in [1.54, 1.807) is 7.11 Å². The molecule has 2 heterocycles. The Kier molecular flexibility index (Phi) is 5.11. The number of para-hydroxylation sites is 1. The maximum Gasteiger partial charge on any atom is 0.154 e. The first-order chi connectivity index (χ1) is 11.7. The third kappa shape index (κ3) is 2.44. The second-order valence-corrected chi connectivity index (χ2v) is 6.57. The average Bonchev–Trinajstić information content (AvgIpc) is 3.28. The number of hydrogen-bond acceptors (Lipinski definition) is 4. The van der Waals surface area contributed by atoms with Crippen LogP contribution >= 0.6 is 15.9 Å². The van der Waals surface area contributed by atoms with Gasteiger partial charge in [-0.2, -0.15) is 0 Å². The molecule has 0 aromatic heterocycles. The van der Waals surface area contributed by atoms with Crippen molar-refractivity contribution >= 4 is 27.5 Å². The number of rotatable bonds is 3. The van der Waals surface area contributed by atoms with Crippen molar-refractivity contribution in [2.75, 3.05) is 12.9 Å². The Hall–Kier alpha value is -1.20. The van der Waals surface area contributed by atoms with E-state index in [9.17, 15) is 9.59 Å². The minimum absolute atomic E-state index is 0.0292. The monoisotopic (exact) mass is 394 g/mol. The van der Waals surface area contributed by atoms with Crippen LogP contribution in [0.2, 0.25) is 0 Å². The number of fused-ring (bicyclic) bond motifs is 5. The highest BCUT2D eigenvalue weighted by Gasteiger charge is 2.65. The number of ether oxygens (including phenoxy) is 2. The Labute approximate surface area is 151 Å². The summed E-state index contributed by atoms with van der Waals surface area (Å²) in [6.07, 6.45) is 1.80. The highest BCUT2D eigenvalue weighted by Crippen LogP contribution is 2.55. The van der Waals surface area contributed by atoms with E-state index < -0.39 is 5.92 Å². The molecule has 1 aromatic carbocycles. The number of carbonyl (C=O) groups is 2. The molecule has 0 N–H and O–H groups in total. The Morgan fingerprint density at radius 2 is 1.83 bits per heavy atom. The lowest BCUT2D eigenvalue weighted by molar-refractivity contribution is -0.127. The van der Waals surface area contributed by atoms with E-state index in [0.717, 1.165) is 12.8 Å². The molecule has 6 atom stereocenters. The lowest BCUT2D eigenvalue weighted by Crippen LogP contribution is -2.34. The first-order valence-corrected chi connectivity index (χ1v) is 9.99. The second-order valence-electron chi connectivity index (χ2n) is 6.57. The van der Waals surface area contributed by atoms with E-state index in [1.807, 2.05) is 30.1 Å². The highest BCUT2D eigenvalue weighted by atomic mass is 79.9. The average molecular weight is 395 g/mol. The molecule has 1 aromatic rings. The van der Waals surface area contributed by atoms with Crippen LogP contribution in [-0.4, -0.2) is 36.7 Å². The summed E-state index contributed by atoms with van der Waals surface area (Å²) in [7, 11) is 1.57. The molecule has 4 rings (SSSR count). The fourth-order valence-electron chi connectivity index (χ4n) is 4.68. The van der Waals surface area contributed by atoms with Gasteiger partial charge in [-0.05, 0) is 24.2 Å². The maximum absolute atomic E-state index is 13.0. The topological polar surface area (TPSA) is 52.6 Å². The normalized spacial score (nSPS) is 36.3. The molecule has 2 bridgehead atoms. The predicted molar refractivity (Wildman–Crippen MR) is 94.6 cm³/mol. The van der Waals surface area contributed by atoms with E-state index in [-0.39, 0.29) is 35.6 Å². The van der Waals surface area contributed by atoms with Gasteiger partial charge in [0, 0.05) is 5.56 Å². The molecular weight excluding hydrogens is 372 g/mol. The van der Waals surface area contributed by atoms with Crippen LogP contribution in [0.3, 0.4) is 0 Å². The van der Waals surface area contributed by atoms with Crippen molar-refractivity contribution in [2.24, 2.45) is 17.8 Å². The smallest absolute Gasteiger partial charge is 0.154 e. The number of carbonyl (C=O) groups excluding carboxylic acids is 2. The first-order valence-electron chi connectivity index (χ1n) is 8.41. The van der Waals surface area contributed by atoms with Crippen LogP contribution in [0.1, 0.15) is 31.2 Å². The SMILES string of the molecule is CBr.CCC1CC2OC1[C@H]1C(=O)C(c3ccccc3OC)C(=O)[C@@H]21. The Balaban J connectivity index is 0.000000815. The molecule has 3 aliphatic rings. The van der Waals surface area contributed by atoms with Crippen molar-refractivity contribution in [1.82, 2.24) is 0 Å². The van der Waals surface area contributed by atoms with E-state index in [4.69, 9.17) is 9.47 Å². The van der Waals surface area contributed by atoms with Crippen LogP contribution in [0, 0.1) is 17.8 Å². The number of ketones is 2. The zero-order chi connectivity index (χ0) is 17.4. The molecule has 0 amide bonds. The molecule has 2 saturated heterocycles. The van der Waals surface area contributed by atoms with Crippen LogP contribution < -0.4 is 4.74 Å². The van der Waals surface area contributed by atoms with Gasteiger partial charge in [-0.25, -0.2) is 0 Å². The van der Waals surface area contributed by atoms with Crippen molar-refractivity contribution in [3.63, 3.8) is 0 Å². The summed E-state index contributed by atoms with van der Waals surface area (Å²) in [6.45, 7) is 2.13. The third-order valence-electron chi connectivity index (χ3n) is 5.67. The summed E-state index contributed by atoms with van der Waals surface area (Å²) in [6, 6.07) is 7.35. The molecule has 5 heteroatoms. The molecule has 4 nitrogen and oxygen atoms in total. The van der Waals surface area contributed by atoms with E-state index in [2.05, 4.69) is 22.9 Å². The van der Waals surface area contributed by atoms with Crippen LogP contribution in [0.4, 0.5) is 0 Å². The molecular formula is C19H23BrO4. The standard InChI is InChI=1S/C18H20O4.CH3Br/c1-3-9-8-12-14-15(18(9)22-12)17(20)13(16(14)19)10-6-4-5-7-11(10)21-2;1-2/h4-7,9,12-15,18H,3,8H2,1-2H3;1H3/t9?,12?,13?,14-,15+,18?;/m0./s1. The van der Waals surface area contributed by atoms with Crippen molar-refractivity contribution in [1.29, 1.82) is 0 Å². The van der Waals surface area contributed by atoms with Crippen LogP contribution in [-0.2, 0) is 14.3 Å². The molecule has 1 saturated carbocycles. The summed E-state index contributed by atoms with van der Waals surface area (Å²) in [5.74, 6) is 1.75. The highest BCUT2D eigenvalue weighted by molar-refractivity contribution is 9.08. The largest absolute Gasteiger partial charge is 0.496 e. The van der Waals surface area contributed by atoms with Crippen LogP contribution in [0.25, 0.3) is 0 Å². The van der Waals surface area contributed by atoms with Crippen molar-refractivity contribution in [3.05, 3.63) is 29.8 Å². The fraction of sp³-hybridized carbons (Fsp3) is 0.579. The Morgan fingerprint density at radius 1 is 1.17 bits per heavy atom. The van der Waals surface area contributed by atoms with Crippen molar-refractivity contribution in [3.8, 4) is 5.75 Å². The molecule has 4 unspecified atom stereocenters. The summed E-state index contributed by atoms with van der Waals surface area (Å²) in [5.41, 5.74) is 0.710. The van der Waals surface area contributed by atoms with Gasteiger partial charge >= 0.3 is 0 Å². The zero-order valence-electron chi connectivity index (χ0n) is 14.2. The van der Waals surface area contributed by atoms with Gasteiger partial charge in [0.15, 0.2) is 11.6 Å². The van der Waals surface area contributed by atoms with Gasteiger partial charge < -0.3 is 9.47 Å². The van der Waals surface area contributed by atoms with Gasteiger partial charge in [0.05, 0.1) is 31.2 Å². The van der Waals surface area contributed by atoms with Gasteiger partial charge in [0.1, 0.15) is 11.7 Å². The third-order valence-corrected chi connectivity index (χ3v) is 5.67. The summed E-state index contributed by atoms with van der Waals surface area (Å²) in [4.78, 5) is 25.9. The quantitative estimate of drug-likeness (QED) is 0.582. The molecule has 3 fully saturated rings. The fourth-order valence-corrected chi connectivity index (χ4v) is 4.68. The van der Waals surface area contributed by atoms with Gasteiger partial charge in [-0.15, -0.1) is 0 Å². The summed E-state index contributed by atoms with van der Waals surface area (Å²) < 4.78 is 11.3. The van der Waals surface area contributed by atoms with Crippen molar-refractivity contribution in [2.45, 2.75) is 37.9 Å². The van der Waals surface area contributed by atoms with Gasteiger partial charge in [0.25, 0.3) is 0 Å². The lowest BCUT2D eigenvalue weighted by atomic mass is 9.74. The minimum Gasteiger partial charge on any atom is -0.496 e. The van der Waals surface area contributed by atoms with Gasteiger partial charge in [-0.1, -0.05) is 47.5 Å². The molecule has 130 valence electrons. The number of halogens is 1. The first kappa shape index (κ1) is 17.6. The molecule has 24 heavy (non-hydrogen) atoms. The van der Waals surface area contributed by atoms with Gasteiger partial charge in [0.2, 0.25) is 0 Å². The molecule has 2 aliphatic heterocycles. The Bertz CT molecular complexity index is 644. The molecule has 0 radical (unpaired) electrons. The minimum atomic E-state index is -0.671. The van der Waals surface area contributed by atoms with E-state index in [0.29, 0.717) is 17.2 Å². The van der Waals surface area contributed by atoms with E-state index >= 15 is 0 Å². The number of benzene rings is 1. The number of Topliss-reactive ketones (excluding diaryl/α,β-unsaturated/α-hetero) is 2. The predicted octanol–water partition coefficient (Wildman–Crippen LogP) is 3.37. The van der Waals surface area contributed by atoms with Crippen LogP contribution in [0.5, 0.6) is 5.75 Å². The maximum atomic E-state index is 13.0.